The molecule has 0 aromatic heterocycles. The van der Waals surface area contributed by atoms with Gasteiger partial charge in [0, 0.05) is 0 Å². The molecule has 78 valence electrons. The second-order valence-electron chi connectivity index (χ2n) is 1.14. The third-order valence-corrected chi connectivity index (χ3v) is 0.598. The fraction of sp³-hybridized carbons (Fsp3) is 0.625. The van der Waals surface area contributed by atoms with E-state index in [1.54, 1.807) is 0 Å². The molecular weight excluding hydrogens is 170 g/mol. The van der Waals surface area contributed by atoms with E-state index < -0.39 is 5.97 Å². The third kappa shape index (κ3) is 13.6. The van der Waals surface area contributed by atoms with Crippen molar-refractivity contribution in [3.05, 3.63) is 0 Å². The second-order valence-corrected chi connectivity index (χ2v) is 1.14. The van der Waals surface area contributed by atoms with E-state index >= 15 is 0 Å². The van der Waals surface area contributed by atoms with Crippen molar-refractivity contribution < 1.29 is 9.53 Å². The van der Waals surface area contributed by atoms with Crippen LogP contribution in [0.2, 0.25) is 0 Å². The fourth-order valence-electron chi connectivity index (χ4n) is 0.227. The SMILES string of the molecule is CC.CC.COC(=O)C(N)=NC=N. The Morgan fingerprint density at radius 1 is 1.38 bits per heavy atom. The van der Waals surface area contributed by atoms with E-state index in [2.05, 4.69) is 9.73 Å². The number of aliphatic imine (C=N–C) groups is 1. The molecule has 0 aromatic carbocycles. The van der Waals surface area contributed by atoms with Crippen molar-refractivity contribution in [2.75, 3.05) is 7.11 Å². The Morgan fingerprint density at radius 3 is 2.00 bits per heavy atom. The standard InChI is InChI=1S/C4H7N3O2.2C2H6/c1-9-4(8)3(6)7-2-5;2*1-2/h2H,1H3,(H3,5,6,7);2*1-2H3. The van der Waals surface area contributed by atoms with Crippen LogP contribution < -0.4 is 5.73 Å². The van der Waals surface area contributed by atoms with Crippen molar-refractivity contribution in [2.24, 2.45) is 10.7 Å². The summed E-state index contributed by atoms with van der Waals surface area (Å²) in [6, 6.07) is 0. The van der Waals surface area contributed by atoms with Crippen molar-refractivity contribution in [1.82, 2.24) is 0 Å². The van der Waals surface area contributed by atoms with Gasteiger partial charge in [0.1, 0.15) is 6.34 Å². The number of amidine groups is 1. The lowest BCUT2D eigenvalue weighted by Gasteiger charge is -1.92. The summed E-state index contributed by atoms with van der Waals surface area (Å²) in [7, 11) is 1.19. The lowest BCUT2D eigenvalue weighted by atomic mass is 10.6. The Bertz CT molecular complexity index is 155. The summed E-state index contributed by atoms with van der Waals surface area (Å²) >= 11 is 0. The van der Waals surface area contributed by atoms with Gasteiger partial charge in [-0.3, -0.25) is 5.41 Å². The number of hydrogen-bond donors (Lipinski definition) is 2. The van der Waals surface area contributed by atoms with Gasteiger partial charge in [-0.15, -0.1) is 0 Å². The number of carbonyl (C=O) groups excluding carboxylic acids is 1. The van der Waals surface area contributed by atoms with Crippen LogP contribution in [0.1, 0.15) is 27.7 Å². The van der Waals surface area contributed by atoms with Gasteiger partial charge in [0.05, 0.1) is 7.11 Å². The molecule has 3 N–H and O–H groups in total. The first-order chi connectivity index (χ1) is 6.22. The monoisotopic (exact) mass is 189 g/mol. The summed E-state index contributed by atoms with van der Waals surface area (Å²) in [5.41, 5.74) is 4.96. The van der Waals surface area contributed by atoms with E-state index in [0.717, 1.165) is 0 Å². The Hall–Kier alpha value is -1.39. The second kappa shape index (κ2) is 16.9. The third-order valence-electron chi connectivity index (χ3n) is 0.598. The molecule has 0 saturated carbocycles. The predicted octanol–water partition coefficient (Wildman–Crippen LogP) is 1.18. The summed E-state index contributed by atoms with van der Waals surface area (Å²) < 4.78 is 4.17. The molecule has 0 saturated heterocycles. The van der Waals surface area contributed by atoms with Gasteiger partial charge in [0.25, 0.3) is 0 Å². The highest BCUT2D eigenvalue weighted by molar-refractivity contribution is 6.35. The number of hydrogen-bond acceptors (Lipinski definition) is 3. The fourth-order valence-corrected chi connectivity index (χ4v) is 0.227. The number of nitrogens with two attached hydrogens (primary N) is 1. The molecule has 0 unspecified atom stereocenters. The summed E-state index contributed by atoms with van der Waals surface area (Å²) in [6.45, 7) is 8.00. The molecule has 0 atom stereocenters. The zero-order chi connectivity index (χ0) is 11.3. The van der Waals surface area contributed by atoms with E-state index in [9.17, 15) is 4.79 Å². The molecule has 0 aliphatic rings. The molecule has 0 fully saturated rings. The lowest BCUT2D eigenvalue weighted by Crippen LogP contribution is -2.24. The van der Waals surface area contributed by atoms with Gasteiger partial charge in [-0.2, -0.15) is 0 Å². The van der Waals surface area contributed by atoms with E-state index in [0.29, 0.717) is 6.34 Å². The zero-order valence-electron chi connectivity index (χ0n) is 8.92. The number of rotatable bonds is 1. The molecule has 0 aromatic rings. The highest BCUT2D eigenvalue weighted by Gasteiger charge is 2.02. The Balaban J connectivity index is -0.000000218. The van der Waals surface area contributed by atoms with E-state index in [4.69, 9.17) is 11.1 Å². The van der Waals surface area contributed by atoms with Gasteiger partial charge < -0.3 is 10.5 Å². The van der Waals surface area contributed by atoms with Gasteiger partial charge in [-0.1, -0.05) is 27.7 Å². The highest BCUT2D eigenvalue weighted by atomic mass is 16.5. The van der Waals surface area contributed by atoms with Crippen molar-refractivity contribution >= 4 is 18.1 Å². The summed E-state index contributed by atoms with van der Waals surface area (Å²) in [6.07, 6.45) is 0.673. The van der Waals surface area contributed by atoms with Crippen LogP contribution in [0.25, 0.3) is 0 Å². The van der Waals surface area contributed by atoms with Gasteiger partial charge in [-0.25, -0.2) is 9.79 Å². The molecule has 0 bridgehead atoms. The average Bonchev–Trinajstić information content (AvgIpc) is 2.23. The van der Waals surface area contributed by atoms with Crippen LogP contribution in [0.3, 0.4) is 0 Å². The molecule has 0 heterocycles. The minimum Gasteiger partial charge on any atom is -0.463 e. The van der Waals surface area contributed by atoms with Crippen LogP contribution in [-0.2, 0) is 9.53 Å². The number of ether oxygens (including phenoxy) is 1. The summed E-state index contributed by atoms with van der Waals surface area (Å²) in [5, 5.41) is 6.40. The summed E-state index contributed by atoms with van der Waals surface area (Å²) in [5.74, 6) is -1.04. The number of esters is 1. The molecule has 5 heteroatoms. The first kappa shape index (κ1) is 17.6. The lowest BCUT2D eigenvalue weighted by molar-refractivity contribution is -0.132. The minimum atomic E-state index is -0.724. The maximum absolute atomic E-state index is 10.3. The molecule has 0 rings (SSSR count). The van der Waals surface area contributed by atoms with Crippen LogP contribution in [0.5, 0.6) is 0 Å². The van der Waals surface area contributed by atoms with Crippen molar-refractivity contribution in [2.45, 2.75) is 27.7 Å². The van der Waals surface area contributed by atoms with Crippen LogP contribution in [0.4, 0.5) is 0 Å². The number of nitrogens with one attached hydrogen (secondary N) is 1. The Kier molecular flexibility index (Phi) is 22.9. The van der Waals surface area contributed by atoms with E-state index in [1.165, 1.54) is 7.11 Å². The van der Waals surface area contributed by atoms with Gasteiger partial charge >= 0.3 is 5.97 Å². The quantitative estimate of drug-likeness (QED) is 0.368. The number of carbonyl (C=O) groups is 1. The molecule has 13 heavy (non-hydrogen) atoms. The Labute approximate surface area is 79.5 Å². The molecule has 0 spiro atoms. The van der Waals surface area contributed by atoms with Crippen molar-refractivity contribution in [1.29, 1.82) is 5.41 Å². The van der Waals surface area contributed by atoms with Crippen LogP contribution in [0.15, 0.2) is 4.99 Å². The molecule has 0 amide bonds. The number of methoxy groups -OCH3 is 1. The molecular formula is C8H19N3O2. The first-order valence-electron chi connectivity index (χ1n) is 4.13. The topological polar surface area (TPSA) is 88.5 Å². The zero-order valence-corrected chi connectivity index (χ0v) is 8.92. The van der Waals surface area contributed by atoms with Crippen molar-refractivity contribution in [3.8, 4) is 0 Å². The van der Waals surface area contributed by atoms with E-state index in [1.807, 2.05) is 27.7 Å². The van der Waals surface area contributed by atoms with Crippen LogP contribution in [-0.4, -0.2) is 25.3 Å². The maximum Gasteiger partial charge on any atom is 0.373 e. The molecule has 0 aliphatic heterocycles. The highest BCUT2D eigenvalue weighted by Crippen LogP contribution is 1.71. The normalized spacial score (nSPS) is 8.23. The van der Waals surface area contributed by atoms with Crippen LogP contribution in [0, 0.1) is 5.41 Å². The predicted molar refractivity (Wildman–Crippen MR) is 55.1 cm³/mol. The largest absolute Gasteiger partial charge is 0.463 e. The van der Waals surface area contributed by atoms with E-state index in [-0.39, 0.29) is 5.84 Å². The molecule has 0 radical (unpaired) electrons. The first-order valence-corrected chi connectivity index (χ1v) is 4.13. The minimum absolute atomic E-state index is 0.312. The van der Waals surface area contributed by atoms with Gasteiger partial charge in [0.2, 0.25) is 5.84 Å². The van der Waals surface area contributed by atoms with Gasteiger partial charge in [0.15, 0.2) is 0 Å². The van der Waals surface area contributed by atoms with Crippen molar-refractivity contribution in [3.63, 3.8) is 0 Å². The van der Waals surface area contributed by atoms with Gasteiger partial charge in [-0.05, 0) is 0 Å². The molecule has 5 nitrogen and oxygen atoms in total. The summed E-state index contributed by atoms with van der Waals surface area (Å²) in [4.78, 5) is 13.5. The van der Waals surface area contributed by atoms with Crippen LogP contribution >= 0.6 is 0 Å². The smallest absolute Gasteiger partial charge is 0.373 e. The Morgan fingerprint density at radius 2 is 1.77 bits per heavy atom. The average molecular weight is 189 g/mol. The number of nitrogens with zero attached hydrogens (tertiary/aromatic N) is 1. The maximum atomic E-state index is 10.3. The molecule has 0 aliphatic carbocycles.